The first-order valence-electron chi connectivity index (χ1n) is 9.01. The fourth-order valence-corrected chi connectivity index (χ4v) is 4.24. The summed E-state index contributed by atoms with van der Waals surface area (Å²) >= 11 is 6.01. The van der Waals surface area contributed by atoms with Crippen LogP contribution in [0, 0.1) is 0 Å². The summed E-state index contributed by atoms with van der Waals surface area (Å²) in [5.74, 6) is 0.710. The number of nitrogens with one attached hydrogen (secondary N) is 2. The Morgan fingerprint density at radius 3 is 2.85 bits per heavy atom. The van der Waals surface area contributed by atoms with Crippen molar-refractivity contribution in [2.24, 2.45) is 0 Å². The number of benzene rings is 1. The van der Waals surface area contributed by atoms with E-state index in [0.717, 1.165) is 24.1 Å². The number of rotatable bonds is 2. The third kappa shape index (κ3) is 3.09. The van der Waals surface area contributed by atoms with E-state index in [-0.39, 0.29) is 23.7 Å². The van der Waals surface area contributed by atoms with Gasteiger partial charge in [0.1, 0.15) is 5.82 Å². The molecule has 26 heavy (non-hydrogen) atoms. The number of aryl methyl sites for hydroxylation is 1. The Hall–Kier alpha value is -2.34. The van der Waals surface area contributed by atoms with Gasteiger partial charge in [-0.15, -0.1) is 0 Å². The van der Waals surface area contributed by atoms with Crippen molar-refractivity contribution in [1.29, 1.82) is 0 Å². The predicted molar refractivity (Wildman–Crippen MR) is 101 cm³/mol. The number of anilines is 1. The normalized spacial score (nSPS) is 21.2. The number of carbonyl (C=O) groups is 1. The number of carbonyl (C=O) groups excluding carboxylic acids is 1. The van der Waals surface area contributed by atoms with Gasteiger partial charge in [-0.25, -0.2) is 9.78 Å². The molecule has 1 aromatic heterocycles. The number of nitrogens with zero attached hydrogens (tertiary/aromatic N) is 2. The second-order valence-corrected chi connectivity index (χ2v) is 7.37. The van der Waals surface area contributed by atoms with Crippen LogP contribution in [0.4, 0.5) is 10.5 Å². The van der Waals surface area contributed by atoms with Crippen LogP contribution >= 0.6 is 11.6 Å². The minimum absolute atomic E-state index is 0.0239. The summed E-state index contributed by atoms with van der Waals surface area (Å²) in [4.78, 5) is 34.8. The summed E-state index contributed by atoms with van der Waals surface area (Å²) in [6.45, 7) is 1.97. The Labute approximate surface area is 156 Å². The topological polar surface area (TPSA) is 78.1 Å². The Balaban J connectivity index is 1.61. The zero-order chi connectivity index (χ0) is 18.3. The molecule has 7 heteroatoms. The van der Waals surface area contributed by atoms with Crippen LogP contribution < -0.4 is 10.9 Å². The molecule has 1 fully saturated rings. The van der Waals surface area contributed by atoms with Crippen LogP contribution in [-0.4, -0.2) is 33.0 Å². The van der Waals surface area contributed by atoms with E-state index in [1.807, 2.05) is 17.9 Å². The maximum absolute atomic E-state index is 12.9. The highest BCUT2D eigenvalue weighted by molar-refractivity contribution is 6.30. The van der Waals surface area contributed by atoms with E-state index in [9.17, 15) is 9.59 Å². The monoisotopic (exact) mass is 372 g/mol. The molecule has 2 N–H and O–H groups in total. The highest BCUT2D eigenvalue weighted by Crippen LogP contribution is 2.33. The van der Waals surface area contributed by atoms with Crippen LogP contribution in [-0.2, 0) is 19.3 Å². The van der Waals surface area contributed by atoms with Crippen molar-refractivity contribution in [1.82, 2.24) is 14.9 Å². The Morgan fingerprint density at radius 1 is 1.35 bits per heavy atom. The van der Waals surface area contributed by atoms with E-state index < -0.39 is 0 Å². The molecule has 6 nitrogen and oxygen atoms in total. The third-order valence-electron chi connectivity index (χ3n) is 5.28. The number of amides is 2. The number of H-pyrrole nitrogens is 1. The van der Waals surface area contributed by atoms with Crippen LogP contribution in [0.3, 0.4) is 0 Å². The van der Waals surface area contributed by atoms with Crippen molar-refractivity contribution < 1.29 is 4.79 Å². The summed E-state index contributed by atoms with van der Waals surface area (Å²) in [6.07, 6.45) is 3.72. The van der Waals surface area contributed by atoms with E-state index in [4.69, 9.17) is 11.6 Å². The molecule has 0 unspecified atom stereocenters. The van der Waals surface area contributed by atoms with E-state index >= 15 is 0 Å². The van der Waals surface area contributed by atoms with Gasteiger partial charge >= 0.3 is 6.03 Å². The lowest BCUT2D eigenvalue weighted by Gasteiger charge is -2.28. The fraction of sp³-hybridized carbons (Fsp3) is 0.421. The summed E-state index contributed by atoms with van der Waals surface area (Å²) in [5, 5.41) is 3.52. The lowest BCUT2D eigenvalue weighted by molar-refractivity contribution is 0.187. The van der Waals surface area contributed by atoms with Crippen LogP contribution in [0.2, 0.25) is 5.02 Å². The van der Waals surface area contributed by atoms with E-state index in [0.29, 0.717) is 35.8 Å². The summed E-state index contributed by atoms with van der Waals surface area (Å²) in [7, 11) is 0. The van der Waals surface area contributed by atoms with E-state index in [1.54, 1.807) is 18.2 Å². The van der Waals surface area contributed by atoms with Crippen LogP contribution in [0.15, 0.2) is 29.1 Å². The predicted octanol–water partition coefficient (Wildman–Crippen LogP) is 3.15. The first-order chi connectivity index (χ1) is 12.5. The molecule has 2 bridgehead atoms. The molecule has 1 aromatic carbocycles. The van der Waals surface area contributed by atoms with Gasteiger partial charge in [0.25, 0.3) is 5.56 Å². The molecular formula is C19H21ClN4O2. The maximum Gasteiger partial charge on any atom is 0.322 e. The molecule has 2 aromatic rings. The van der Waals surface area contributed by atoms with Gasteiger partial charge in [0, 0.05) is 47.6 Å². The van der Waals surface area contributed by atoms with E-state index in [1.165, 1.54) is 0 Å². The lowest BCUT2D eigenvalue weighted by atomic mass is 9.98. The second kappa shape index (κ2) is 6.76. The molecule has 1 saturated heterocycles. The molecular weight excluding hydrogens is 352 g/mol. The molecule has 3 heterocycles. The zero-order valence-corrected chi connectivity index (χ0v) is 15.3. The Kier molecular flexibility index (Phi) is 4.44. The molecule has 2 atom stereocenters. The smallest absolute Gasteiger partial charge is 0.318 e. The van der Waals surface area contributed by atoms with E-state index in [2.05, 4.69) is 15.3 Å². The average molecular weight is 373 g/mol. The average Bonchev–Trinajstić information content (AvgIpc) is 2.90. The largest absolute Gasteiger partial charge is 0.322 e. The molecule has 0 spiro atoms. The van der Waals surface area contributed by atoms with Crippen molar-refractivity contribution >= 4 is 23.3 Å². The van der Waals surface area contributed by atoms with Crippen molar-refractivity contribution in [2.75, 3.05) is 5.32 Å². The summed E-state index contributed by atoms with van der Waals surface area (Å²) in [6, 6.07) is 7.08. The van der Waals surface area contributed by atoms with Gasteiger partial charge in [-0.1, -0.05) is 24.6 Å². The summed E-state index contributed by atoms with van der Waals surface area (Å²) in [5.41, 5.74) is 2.19. The molecule has 136 valence electrons. The minimum atomic E-state index is -0.139. The zero-order valence-electron chi connectivity index (χ0n) is 14.6. The quantitative estimate of drug-likeness (QED) is 0.850. The molecule has 2 amide bonds. The second-order valence-electron chi connectivity index (χ2n) is 6.93. The number of aromatic nitrogens is 2. The van der Waals surface area contributed by atoms with Gasteiger partial charge in [0.2, 0.25) is 0 Å². The number of urea groups is 1. The third-order valence-corrected chi connectivity index (χ3v) is 5.52. The van der Waals surface area contributed by atoms with Crippen molar-refractivity contribution in [3.63, 3.8) is 0 Å². The highest BCUT2D eigenvalue weighted by atomic mass is 35.5. The van der Waals surface area contributed by atoms with Gasteiger partial charge in [-0.2, -0.15) is 0 Å². The van der Waals surface area contributed by atoms with Crippen molar-refractivity contribution in [2.45, 2.75) is 51.1 Å². The van der Waals surface area contributed by atoms with Gasteiger partial charge in [-0.3, -0.25) is 4.79 Å². The molecule has 0 aliphatic carbocycles. The standard InChI is InChI=1S/C19H21ClN4O2/c1-2-17-22-16-10-14-7-6-13(9-15(16)18(25)23-17)24(14)19(26)21-12-5-3-4-11(20)8-12/h3-5,8,13-14H,2,6-7,9-10H2,1H3,(H,21,26)(H,22,23,25)/t13-,14+/m1/s1. The number of aromatic amines is 1. The number of halogens is 1. The van der Waals surface area contributed by atoms with Gasteiger partial charge in [-0.05, 0) is 31.0 Å². The lowest BCUT2D eigenvalue weighted by Crippen LogP contribution is -2.44. The first-order valence-corrected chi connectivity index (χ1v) is 9.38. The number of hydrogen-bond donors (Lipinski definition) is 2. The van der Waals surface area contributed by atoms with Crippen LogP contribution in [0.1, 0.15) is 36.8 Å². The number of hydrogen-bond acceptors (Lipinski definition) is 3. The van der Waals surface area contributed by atoms with Gasteiger partial charge in [0.05, 0.1) is 5.69 Å². The van der Waals surface area contributed by atoms with Gasteiger partial charge in [0.15, 0.2) is 0 Å². The highest BCUT2D eigenvalue weighted by Gasteiger charge is 2.41. The van der Waals surface area contributed by atoms with Gasteiger partial charge < -0.3 is 15.2 Å². The Bertz CT molecular complexity index is 911. The first kappa shape index (κ1) is 17.1. The number of fused-ring (bicyclic) bond motifs is 3. The maximum atomic E-state index is 12.9. The van der Waals surface area contributed by atoms with Crippen LogP contribution in [0.25, 0.3) is 0 Å². The van der Waals surface area contributed by atoms with Crippen LogP contribution in [0.5, 0.6) is 0 Å². The summed E-state index contributed by atoms with van der Waals surface area (Å²) < 4.78 is 0. The molecule has 2 aliphatic rings. The molecule has 0 radical (unpaired) electrons. The molecule has 2 aliphatic heterocycles. The van der Waals surface area contributed by atoms with Crippen molar-refractivity contribution in [3.05, 3.63) is 56.7 Å². The van der Waals surface area contributed by atoms with Crippen molar-refractivity contribution in [3.8, 4) is 0 Å². The Morgan fingerprint density at radius 2 is 2.12 bits per heavy atom. The molecule has 4 rings (SSSR count). The fourth-order valence-electron chi connectivity index (χ4n) is 4.05. The SMILES string of the molecule is CCc1nc2c(c(=O)[nH]1)C[C@H]1CC[C@@H](C2)N1C(=O)Nc1cccc(Cl)c1. The minimum Gasteiger partial charge on any atom is -0.318 e. The molecule has 0 saturated carbocycles.